The predicted molar refractivity (Wildman–Crippen MR) is 114 cm³/mol. The van der Waals surface area contributed by atoms with Crippen molar-refractivity contribution < 1.29 is 14.1 Å². The highest BCUT2D eigenvalue weighted by Crippen LogP contribution is 2.30. The van der Waals surface area contributed by atoms with Gasteiger partial charge in [-0.25, -0.2) is 0 Å². The van der Waals surface area contributed by atoms with Crippen LogP contribution in [0.3, 0.4) is 0 Å². The third-order valence-corrected chi connectivity index (χ3v) is 4.95. The van der Waals surface area contributed by atoms with E-state index in [1.807, 2.05) is 0 Å². The van der Waals surface area contributed by atoms with Crippen molar-refractivity contribution in [3.05, 3.63) is 85.0 Å². The van der Waals surface area contributed by atoms with E-state index < -0.39 is 10.8 Å². The second-order valence-electron chi connectivity index (χ2n) is 5.88. The minimum absolute atomic E-state index is 0.0326. The molecule has 0 bridgehead atoms. The summed E-state index contributed by atoms with van der Waals surface area (Å²) in [6, 6.07) is 13.6. The minimum atomic E-state index is -0.749. The molecule has 0 atom stereocenters. The van der Waals surface area contributed by atoms with Gasteiger partial charge in [0.2, 0.25) is 0 Å². The molecule has 0 saturated carbocycles. The monoisotopic (exact) mass is 461 g/mol. The first-order chi connectivity index (χ1) is 14.3. The molecule has 0 saturated heterocycles. The van der Waals surface area contributed by atoms with Gasteiger partial charge in [-0.2, -0.15) is 5.26 Å². The third kappa shape index (κ3) is 4.81. The molecule has 3 rings (SSSR count). The van der Waals surface area contributed by atoms with Crippen molar-refractivity contribution in [3.63, 3.8) is 0 Å². The zero-order valence-electron chi connectivity index (χ0n) is 14.9. The van der Waals surface area contributed by atoms with Gasteiger partial charge in [0.15, 0.2) is 0 Å². The molecule has 1 amide bonds. The van der Waals surface area contributed by atoms with Crippen molar-refractivity contribution >= 4 is 58.2 Å². The zero-order valence-corrected chi connectivity index (χ0v) is 17.1. The number of carbonyl (C=O) groups is 1. The van der Waals surface area contributed by atoms with Gasteiger partial charge in [-0.15, -0.1) is 0 Å². The maximum atomic E-state index is 12.4. The van der Waals surface area contributed by atoms with Crippen molar-refractivity contribution in [2.75, 3.05) is 5.32 Å². The zero-order chi connectivity index (χ0) is 21.8. The van der Waals surface area contributed by atoms with Crippen LogP contribution < -0.4 is 5.32 Å². The Bertz CT molecular complexity index is 1230. The summed E-state index contributed by atoms with van der Waals surface area (Å²) in [5.41, 5.74) is 0.327. The van der Waals surface area contributed by atoms with Crippen LogP contribution in [0.4, 0.5) is 11.4 Å². The van der Waals surface area contributed by atoms with Gasteiger partial charge in [-0.3, -0.25) is 14.9 Å². The molecule has 1 heterocycles. The largest absolute Gasteiger partial charge is 0.457 e. The van der Waals surface area contributed by atoms with E-state index in [0.717, 1.165) is 6.07 Å². The fourth-order valence-corrected chi connectivity index (χ4v) is 2.95. The molecule has 0 aliphatic rings. The molecule has 3 aromatic rings. The highest BCUT2D eigenvalue weighted by atomic mass is 35.5. The molecule has 1 N–H and O–H groups in total. The second kappa shape index (κ2) is 9.01. The molecule has 1 aromatic heterocycles. The lowest BCUT2D eigenvalue weighted by molar-refractivity contribution is -0.384. The number of rotatable bonds is 5. The third-order valence-electron chi connectivity index (χ3n) is 3.89. The Balaban J connectivity index is 1.81. The van der Waals surface area contributed by atoms with E-state index in [-0.39, 0.29) is 27.7 Å². The first-order valence-corrected chi connectivity index (χ1v) is 9.34. The maximum absolute atomic E-state index is 12.4. The number of benzene rings is 2. The molecule has 10 heteroatoms. The van der Waals surface area contributed by atoms with E-state index in [9.17, 15) is 20.2 Å². The summed E-state index contributed by atoms with van der Waals surface area (Å²) in [7, 11) is 0. The van der Waals surface area contributed by atoms with Crippen LogP contribution >= 0.6 is 34.8 Å². The van der Waals surface area contributed by atoms with Gasteiger partial charge < -0.3 is 9.73 Å². The smallest absolute Gasteiger partial charge is 0.271 e. The van der Waals surface area contributed by atoms with Gasteiger partial charge in [0.05, 0.1) is 25.7 Å². The molecule has 2 aromatic carbocycles. The maximum Gasteiger partial charge on any atom is 0.271 e. The van der Waals surface area contributed by atoms with E-state index in [1.54, 1.807) is 36.4 Å². The molecule has 0 aliphatic carbocycles. The van der Waals surface area contributed by atoms with Crippen LogP contribution in [0.5, 0.6) is 0 Å². The van der Waals surface area contributed by atoms with E-state index in [1.165, 1.54) is 18.2 Å². The number of furan rings is 1. The molecule has 0 unspecified atom stereocenters. The van der Waals surface area contributed by atoms with Crippen LogP contribution in [0.1, 0.15) is 5.76 Å². The fourth-order valence-electron chi connectivity index (χ4n) is 2.43. The number of nitrogens with zero attached hydrogens (tertiary/aromatic N) is 2. The number of nitro groups is 1. The standard InChI is InChI=1S/C20H10Cl3N3O4/c21-15-4-1-11(8-16(15)22)19-6-3-14(30-19)7-12(10-24)20(27)25-18-5-2-13(26(28)29)9-17(18)23/h1-9H,(H,25,27)/b12-7+. The van der Waals surface area contributed by atoms with Crippen molar-refractivity contribution in [2.45, 2.75) is 0 Å². The Morgan fingerprint density at radius 3 is 2.47 bits per heavy atom. The summed E-state index contributed by atoms with van der Waals surface area (Å²) in [4.78, 5) is 22.6. The van der Waals surface area contributed by atoms with Crippen LogP contribution in [0.2, 0.25) is 15.1 Å². The molecule has 30 heavy (non-hydrogen) atoms. The number of nitriles is 1. The van der Waals surface area contributed by atoms with Crippen LogP contribution in [-0.4, -0.2) is 10.8 Å². The van der Waals surface area contributed by atoms with Crippen molar-refractivity contribution in [1.82, 2.24) is 0 Å². The molecule has 0 spiro atoms. The lowest BCUT2D eigenvalue weighted by atomic mass is 10.2. The topological polar surface area (TPSA) is 109 Å². The number of non-ortho nitro benzene ring substituents is 1. The number of hydrogen-bond acceptors (Lipinski definition) is 5. The molecule has 0 aliphatic heterocycles. The normalized spacial score (nSPS) is 11.1. The van der Waals surface area contributed by atoms with Gasteiger partial charge in [0, 0.05) is 23.8 Å². The first-order valence-electron chi connectivity index (χ1n) is 8.21. The number of carbonyl (C=O) groups excluding carboxylic acids is 1. The van der Waals surface area contributed by atoms with E-state index in [0.29, 0.717) is 21.4 Å². The summed E-state index contributed by atoms with van der Waals surface area (Å²) in [5, 5.41) is 23.3. The minimum Gasteiger partial charge on any atom is -0.457 e. The highest BCUT2D eigenvalue weighted by Gasteiger charge is 2.15. The molecule has 0 radical (unpaired) electrons. The second-order valence-corrected chi connectivity index (χ2v) is 7.10. The number of nitrogens with one attached hydrogen (secondary N) is 1. The molecule has 150 valence electrons. The molecule has 7 nitrogen and oxygen atoms in total. The van der Waals surface area contributed by atoms with Crippen molar-refractivity contribution in [3.8, 4) is 17.4 Å². The SMILES string of the molecule is N#C/C(=C\c1ccc(-c2ccc(Cl)c(Cl)c2)o1)C(=O)Nc1ccc([N+](=O)[O-])cc1Cl. The van der Waals surface area contributed by atoms with Gasteiger partial charge in [-0.05, 0) is 36.4 Å². The predicted octanol–water partition coefficient (Wildman–Crippen LogP) is 6.36. The average molecular weight is 463 g/mol. The van der Waals surface area contributed by atoms with Crippen LogP contribution in [0, 0.1) is 21.4 Å². The van der Waals surface area contributed by atoms with Gasteiger partial charge in [0.1, 0.15) is 23.2 Å². The van der Waals surface area contributed by atoms with Crippen LogP contribution in [-0.2, 0) is 4.79 Å². The van der Waals surface area contributed by atoms with E-state index in [4.69, 9.17) is 39.2 Å². The molecular weight excluding hydrogens is 453 g/mol. The summed E-state index contributed by atoms with van der Waals surface area (Å²) in [5.74, 6) is -0.0192. The first kappa shape index (κ1) is 21.4. The number of halogens is 3. The number of nitro benzene ring substituents is 1. The Hall–Kier alpha value is -3.31. The van der Waals surface area contributed by atoms with Gasteiger partial charge in [-0.1, -0.05) is 34.8 Å². The average Bonchev–Trinajstić information content (AvgIpc) is 3.18. The van der Waals surface area contributed by atoms with E-state index >= 15 is 0 Å². The van der Waals surface area contributed by atoms with Gasteiger partial charge >= 0.3 is 0 Å². The number of hydrogen-bond donors (Lipinski definition) is 1. The summed E-state index contributed by atoms with van der Waals surface area (Å²) in [6.07, 6.45) is 1.26. The lowest BCUT2D eigenvalue weighted by Gasteiger charge is -2.06. The Labute approximate surface area is 185 Å². The number of amides is 1. The van der Waals surface area contributed by atoms with E-state index in [2.05, 4.69) is 5.32 Å². The quantitative estimate of drug-likeness (QED) is 0.205. The van der Waals surface area contributed by atoms with Crippen molar-refractivity contribution in [1.29, 1.82) is 5.26 Å². The Morgan fingerprint density at radius 2 is 1.83 bits per heavy atom. The van der Waals surface area contributed by atoms with Crippen LogP contribution in [0.25, 0.3) is 17.4 Å². The lowest BCUT2D eigenvalue weighted by Crippen LogP contribution is -2.13. The van der Waals surface area contributed by atoms with Crippen molar-refractivity contribution in [2.24, 2.45) is 0 Å². The molecular formula is C20H10Cl3N3O4. The summed E-state index contributed by atoms with van der Waals surface area (Å²) >= 11 is 17.9. The number of anilines is 1. The summed E-state index contributed by atoms with van der Waals surface area (Å²) < 4.78 is 5.65. The molecule has 0 fully saturated rings. The fraction of sp³-hybridized carbons (Fsp3) is 0. The highest BCUT2D eigenvalue weighted by molar-refractivity contribution is 6.42. The Morgan fingerprint density at radius 1 is 1.07 bits per heavy atom. The van der Waals surface area contributed by atoms with Gasteiger partial charge in [0.25, 0.3) is 11.6 Å². The van der Waals surface area contributed by atoms with Crippen LogP contribution in [0.15, 0.2) is 58.5 Å². The Kier molecular flexibility index (Phi) is 6.43. The summed E-state index contributed by atoms with van der Waals surface area (Å²) in [6.45, 7) is 0.